The molecule has 5 nitrogen and oxygen atoms in total. The quantitative estimate of drug-likeness (QED) is 0.813. The molecular weight excluding hydrogens is 268 g/mol. The third-order valence-electron chi connectivity index (χ3n) is 3.23. The van der Waals surface area contributed by atoms with Crippen LogP contribution in [0, 0.1) is 0 Å². The average molecular weight is 282 g/mol. The van der Waals surface area contributed by atoms with E-state index in [2.05, 4.69) is 4.99 Å². The van der Waals surface area contributed by atoms with Gasteiger partial charge in [-0.15, -0.1) is 0 Å². The summed E-state index contributed by atoms with van der Waals surface area (Å²) in [6.07, 6.45) is 3.30. The lowest BCUT2D eigenvalue weighted by Crippen LogP contribution is -2.27. The van der Waals surface area contributed by atoms with E-state index in [1.54, 1.807) is 38.6 Å². The molecule has 0 aliphatic carbocycles. The lowest BCUT2D eigenvalue weighted by atomic mass is 10.2. The Balaban J connectivity index is 1.94. The zero-order valence-corrected chi connectivity index (χ0v) is 11.7. The fourth-order valence-corrected chi connectivity index (χ4v) is 2.08. The van der Waals surface area contributed by atoms with E-state index in [4.69, 9.17) is 9.15 Å². The van der Waals surface area contributed by atoms with Crippen molar-refractivity contribution in [2.24, 2.45) is 4.99 Å². The number of carbonyl (C=O) groups is 1. The minimum Gasteiger partial charge on any atom is -0.497 e. The predicted molar refractivity (Wildman–Crippen MR) is 79.0 cm³/mol. The van der Waals surface area contributed by atoms with Gasteiger partial charge >= 0.3 is 0 Å². The van der Waals surface area contributed by atoms with Crippen molar-refractivity contribution in [1.82, 2.24) is 4.90 Å². The van der Waals surface area contributed by atoms with Crippen molar-refractivity contribution >= 4 is 17.8 Å². The highest BCUT2D eigenvalue weighted by molar-refractivity contribution is 6.18. The van der Waals surface area contributed by atoms with E-state index in [9.17, 15) is 4.79 Å². The van der Waals surface area contributed by atoms with Gasteiger partial charge in [-0.2, -0.15) is 0 Å². The lowest BCUT2D eigenvalue weighted by molar-refractivity contribution is -0.121. The highest BCUT2D eigenvalue weighted by Crippen LogP contribution is 2.21. The van der Waals surface area contributed by atoms with E-state index in [1.165, 1.54) is 4.90 Å². The number of furan rings is 1. The molecule has 0 fully saturated rings. The predicted octanol–water partition coefficient (Wildman–Crippen LogP) is 2.55. The summed E-state index contributed by atoms with van der Waals surface area (Å²) in [5.41, 5.74) is 1.27. The molecule has 0 saturated heterocycles. The fourth-order valence-electron chi connectivity index (χ4n) is 2.08. The number of hydrogen-bond donors (Lipinski definition) is 0. The Labute approximate surface area is 122 Å². The highest BCUT2D eigenvalue weighted by Gasteiger charge is 2.29. The summed E-state index contributed by atoms with van der Waals surface area (Å²) in [7, 11) is 3.29. The summed E-state index contributed by atoms with van der Waals surface area (Å²) in [6.45, 7) is 0. The maximum Gasteiger partial charge on any atom is 0.277 e. The molecule has 0 saturated carbocycles. The van der Waals surface area contributed by atoms with Crippen LogP contribution in [0.5, 0.6) is 5.75 Å². The second-order valence-corrected chi connectivity index (χ2v) is 4.58. The Morgan fingerprint density at radius 2 is 2.00 bits per heavy atom. The molecule has 1 aliphatic rings. The smallest absolute Gasteiger partial charge is 0.277 e. The van der Waals surface area contributed by atoms with E-state index < -0.39 is 0 Å². The molecule has 1 aromatic heterocycles. The first-order valence-corrected chi connectivity index (χ1v) is 6.45. The number of ether oxygens (including phenoxy) is 1. The molecule has 21 heavy (non-hydrogen) atoms. The van der Waals surface area contributed by atoms with Crippen LogP contribution in [0.3, 0.4) is 0 Å². The Bertz CT molecular complexity index is 712. The second kappa shape index (κ2) is 5.28. The summed E-state index contributed by atoms with van der Waals surface area (Å²) in [6, 6.07) is 11.0. The van der Waals surface area contributed by atoms with Gasteiger partial charge in [-0.25, -0.2) is 4.99 Å². The van der Waals surface area contributed by atoms with Crippen LogP contribution in [0.1, 0.15) is 11.3 Å². The van der Waals surface area contributed by atoms with Crippen molar-refractivity contribution in [3.05, 3.63) is 59.7 Å². The summed E-state index contributed by atoms with van der Waals surface area (Å²) < 4.78 is 10.4. The van der Waals surface area contributed by atoms with Crippen molar-refractivity contribution in [3.8, 4) is 5.75 Å². The van der Waals surface area contributed by atoms with Crippen LogP contribution < -0.4 is 4.74 Å². The molecule has 0 spiro atoms. The van der Waals surface area contributed by atoms with Gasteiger partial charge in [0.1, 0.15) is 11.4 Å². The molecule has 0 atom stereocenters. The first-order valence-electron chi connectivity index (χ1n) is 6.45. The van der Waals surface area contributed by atoms with Crippen LogP contribution in [0.2, 0.25) is 0 Å². The van der Waals surface area contributed by atoms with Gasteiger partial charge in [0.05, 0.1) is 13.4 Å². The van der Waals surface area contributed by atoms with Gasteiger partial charge in [-0.05, 0) is 35.9 Å². The molecule has 106 valence electrons. The van der Waals surface area contributed by atoms with Crippen molar-refractivity contribution in [1.29, 1.82) is 0 Å². The third-order valence-corrected chi connectivity index (χ3v) is 3.23. The number of amidine groups is 1. The molecule has 5 heteroatoms. The van der Waals surface area contributed by atoms with Gasteiger partial charge in [0.2, 0.25) is 0 Å². The van der Waals surface area contributed by atoms with Crippen molar-refractivity contribution in [3.63, 3.8) is 0 Å². The Morgan fingerprint density at radius 1 is 1.24 bits per heavy atom. The van der Waals surface area contributed by atoms with Crippen LogP contribution in [0.4, 0.5) is 0 Å². The molecule has 2 aromatic rings. The second-order valence-electron chi connectivity index (χ2n) is 4.58. The SMILES string of the molecule is COc1ccc(/C=C2/N=C(c3ccco3)N(C)C2=O)cc1. The number of carbonyl (C=O) groups excluding carboxylic acids is 1. The zero-order chi connectivity index (χ0) is 14.8. The number of benzene rings is 1. The molecular formula is C16H14N2O3. The standard InChI is InChI=1S/C16H14N2O3/c1-18-15(14-4-3-9-21-14)17-13(16(18)19)10-11-5-7-12(20-2)8-6-11/h3-10H,1-2H3/b13-10+. The number of methoxy groups -OCH3 is 1. The first kappa shape index (κ1) is 13.2. The van der Waals surface area contributed by atoms with Gasteiger partial charge < -0.3 is 9.15 Å². The number of nitrogens with zero attached hydrogens (tertiary/aromatic N) is 2. The molecule has 0 bridgehead atoms. The van der Waals surface area contributed by atoms with Crippen LogP contribution in [0.25, 0.3) is 6.08 Å². The van der Waals surface area contributed by atoms with E-state index in [1.807, 2.05) is 24.3 Å². The fraction of sp³-hybridized carbons (Fsp3) is 0.125. The van der Waals surface area contributed by atoms with Crippen molar-refractivity contribution in [2.75, 3.05) is 14.2 Å². The average Bonchev–Trinajstić information content (AvgIpc) is 3.12. The van der Waals surface area contributed by atoms with Crippen LogP contribution in [-0.4, -0.2) is 30.8 Å². The van der Waals surface area contributed by atoms with Gasteiger partial charge in [0, 0.05) is 7.05 Å². The van der Waals surface area contributed by atoms with E-state index in [0.717, 1.165) is 11.3 Å². The number of aliphatic imine (C=N–C) groups is 1. The summed E-state index contributed by atoms with van der Waals surface area (Å²) in [4.78, 5) is 18.1. The van der Waals surface area contributed by atoms with Crippen molar-refractivity contribution in [2.45, 2.75) is 0 Å². The van der Waals surface area contributed by atoms with Crippen LogP contribution in [-0.2, 0) is 4.79 Å². The number of amides is 1. The first-order chi connectivity index (χ1) is 10.2. The largest absolute Gasteiger partial charge is 0.497 e. The normalized spacial score (nSPS) is 16.5. The third kappa shape index (κ3) is 2.45. The summed E-state index contributed by atoms with van der Waals surface area (Å²) >= 11 is 0. The Kier molecular flexibility index (Phi) is 3.31. The summed E-state index contributed by atoms with van der Waals surface area (Å²) in [5.74, 6) is 1.71. The van der Waals surface area contributed by atoms with Gasteiger partial charge in [0.25, 0.3) is 5.91 Å². The Hall–Kier alpha value is -2.82. The maximum atomic E-state index is 12.2. The van der Waals surface area contributed by atoms with E-state index in [-0.39, 0.29) is 5.91 Å². The van der Waals surface area contributed by atoms with Gasteiger partial charge in [-0.1, -0.05) is 12.1 Å². The van der Waals surface area contributed by atoms with Gasteiger partial charge in [0.15, 0.2) is 11.6 Å². The molecule has 3 rings (SSSR count). The molecule has 1 amide bonds. The molecule has 0 radical (unpaired) electrons. The monoisotopic (exact) mass is 282 g/mol. The number of likely N-dealkylation sites (N-methyl/N-ethyl adjacent to an activating group) is 1. The molecule has 1 aromatic carbocycles. The van der Waals surface area contributed by atoms with E-state index >= 15 is 0 Å². The Morgan fingerprint density at radius 3 is 2.62 bits per heavy atom. The molecule has 0 N–H and O–H groups in total. The zero-order valence-electron chi connectivity index (χ0n) is 11.7. The van der Waals surface area contributed by atoms with Crippen LogP contribution in [0.15, 0.2) is 57.8 Å². The van der Waals surface area contributed by atoms with E-state index in [0.29, 0.717) is 17.3 Å². The highest BCUT2D eigenvalue weighted by atomic mass is 16.5. The molecule has 2 heterocycles. The minimum atomic E-state index is -0.155. The lowest BCUT2D eigenvalue weighted by Gasteiger charge is -2.08. The summed E-state index contributed by atoms with van der Waals surface area (Å²) in [5, 5.41) is 0. The van der Waals surface area contributed by atoms with Crippen LogP contribution >= 0.6 is 0 Å². The number of hydrogen-bond acceptors (Lipinski definition) is 4. The topological polar surface area (TPSA) is 55.0 Å². The number of rotatable bonds is 3. The molecule has 0 unspecified atom stereocenters. The van der Waals surface area contributed by atoms with Gasteiger partial charge in [-0.3, -0.25) is 9.69 Å². The maximum absolute atomic E-state index is 12.2. The van der Waals surface area contributed by atoms with Crippen molar-refractivity contribution < 1.29 is 13.9 Å². The molecule has 1 aliphatic heterocycles. The minimum absolute atomic E-state index is 0.155.